The molecule has 1 aromatic carbocycles. The molecule has 0 fully saturated rings. The number of benzene rings is 1. The Morgan fingerprint density at radius 1 is 1.38 bits per heavy atom. The number of anilines is 2. The minimum Gasteiger partial charge on any atom is -0.463 e. The molecule has 0 aliphatic carbocycles. The van der Waals surface area contributed by atoms with Crippen molar-refractivity contribution in [2.45, 2.75) is 13.8 Å². The second-order valence-corrected chi connectivity index (χ2v) is 3.42. The maximum absolute atomic E-state index is 11.1. The van der Waals surface area contributed by atoms with Crippen LogP contribution in [0.5, 0.6) is 0 Å². The summed E-state index contributed by atoms with van der Waals surface area (Å²) in [6, 6.07) is 3.51. The van der Waals surface area contributed by atoms with Crippen molar-refractivity contribution in [3.8, 4) is 0 Å². The number of carbonyl (C=O) groups excluding carboxylic acids is 1. The van der Waals surface area contributed by atoms with Crippen LogP contribution in [0.15, 0.2) is 18.2 Å². The van der Waals surface area contributed by atoms with Gasteiger partial charge in [-0.15, -0.1) is 0 Å². The number of ether oxygens (including phenoxy) is 1. The Hall–Kier alpha value is -1.97. The van der Waals surface area contributed by atoms with Crippen LogP contribution < -0.4 is 11.5 Å². The number of carbonyl (C=O) groups is 1. The van der Waals surface area contributed by atoms with E-state index in [0.717, 1.165) is 11.1 Å². The monoisotopic (exact) mass is 220 g/mol. The van der Waals surface area contributed by atoms with Gasteiger partial charge in [0.2, 0.25) is 0 Å². The maximum Gasteiger partial charge on any atom is 0.330 e. The second kappa shape index (κ2) is 5.21. The molecule has 4 nitrogen and oxygen atoms in total. The van der Waals surface area contributed by atoms with E-state index in [0.29, 0.717) is 18.0 Å². The molecule has 4 N–H and O–H groups in total. The van der Waals surface area contributed by atoms with E-state index in [-0.39, 0.29) is 5.97 Å². The normalized spacial score (nSPS) is 10.6. The van der Waals surface area contributed by atoms with E-state index in [9.17, 15) is 4.79 Å². The molecule has 0 amide bonds. The molecule has 86 valence electrons. The third-order valence-corrected chi connectivity index (χ3v) is 2.16. The smallest absolute Gasteiger partial charge is 0.330 e. The summed E-state index contributed by atoms with van der Waals surface area (Å²) in [5.74, 6) is -0.364. The van der Waals surface area contributed by atoms with Gasteiger partial charge in [0.1, 0.15) is 0 Å². The van der Waals surface area contributed by atoms with Crippen molar-refractivity contribution in [3.63, 3.8) is 0 Å². The number of hydrogen-bond donors (Lipinski definition) is 2. The molecule has 1 rings (SSSR count). The number of rotatable bonds is 3. The predicted octanol–water partition coefficient (Wildman–Crippen LogP) is 1.74. The van der Waals surface area contributed by atoms with Gasteiger partial charge in [-0.2, -0.15) is 0 Å². The third-order valence-electron chi connectivity index (χ3n) is 2.16. The van der Waals surface area contributed by atoms with E-state index in [1.165, 1.54) is 6.08 Å². The van der Waals surface area contributed by atoms with Crippen molar-refractivity contribution in [1.29, 1.82) is 0 Å². The molecule has 0 atom stereocenters. The Morgan fingerprint density at radius 3 is 2.62 bits per heavy atom. The van der Waals surface area contributed by atoms with Crippen molar-refractivity contribution in [3.05, 3.63) is 29.3 Å². The Labute approximate surface area is 94.9 Å². The molecule has 0 heterocycles. The minimum atomic E-state index is -0.364. The summed E-state index contributed by atoms with van der Waals surface area (Å²) in [5, 5.41) is 0. The minimum absolute atomic E-state index is 0.364. The highest BCUT2D eigenvalue weighted by atomic mass is 16.5. The van der Waals surface area contributed by atoms with Gasteiger partial charge in [0.05, 0.1) is 18.0 Å². The Kier molecular flexibility index (Phi) is 3.94. The zero-order chi connectivity index (χ0) is 12.1. The van der Waals surface area contributed by atoms with Gasteiger partial charge >= 0.3 is 5.97 Å². The van der Waals surface area contributed by atoms with Crippen LogP contribution in [0, 0.1) is 6.92 Å². The fourth-order valence-electron chi connectivity index (χ4n) is 1.29. The van der Waals surface area contributed by atoms with Gasteiger partial charge in [-0.25, -0.2) is 4.79 Å². The van der Waals surface area contributed by atoms with E-state index in [4.69, 9.17) is 16.2 Å². The Morgan fingerprint density at radius 2 is 2.00 bits per heavy atom. The summed E-state index contributed by atoms with van der Waals surface area (Å²) in [6.07, 6.45) is 3.05. The van der Waals surface area contributed by atoms with Gasteiger partial charge in [-0.3, -0.25) is 0 Å². The Bertz CT molecular complexity index is 425. The Balaban J connectivity index is 2.89. The van der Waals surface area contributed by atoms with Crippen molar-refractivity contribution in [1.82, 2.24) is 0 Å². The number of hydrogen-bond acceptors (Lipinski definition) is 4. The third kappa shape index (κ3) is 3.02. The van der Waals surface area contributed by atoms with Gasteiger partial charge in [0, 0.05) is 6.08 Å². The standard InChI is InChI=1S/C12H16N2O2/c1-3-16-12(15)5-4-9-7-11(14)10(13)6-8(9)2/h4-7H,3,13-14H2,1-2H3/b5-4+. The van der Waals surface area contributed by atoms with Gasteiger partial charge in [-0.05, 0) is 43.2 Å². The van der Waals surface area contributed by atoms with Crippen molar-refractivity contribution < 1.29 is 9.53 Å². The molecular formula is C12H16N2O2. The van der Waals surface area contributed by atoms with Gasteiger partial charge in [0.25, 0.3) is 0 Å². The van der Waals surface area contributed by atoms with Crippen LogP contribution in [0.25, 0.3) is 6.08 Å². The van der Waals surface area contributed by atoms with E-state index in [1.54, 1.807) is 25.1 Å². The molecule has 16 heavy (non-hydrogen) atoms. The lowest BCUT2D eigenvalue weighted by molar-refractivity contribution is -0.137. The van der Waals surface area contributed by atoms with E-state index >= 15 is 0 Å². The molecule has 0 saturated carbocycles. The molecule has 0 aromatic heterocycles. The lowest BCUT2D eigenvalue weighted by atomic mass is 10.1. The molecule has 0 saturated heterocycles. The lowest BCUT2D eigenvalue weighted by Crippen LogP contribution is -1.99. The SMILES string of the molecule is CCOC(=O)/C=C/c1cc(N)c(N)cc1C. The number of aryl methyl sites for hydroxylation is 1. The number of nitrogen functional groups attached to an aromatic ring is 2. The largest absolute Gasteiger partial charge is 0.463 e. The molecule has 0 radical (unpaired) electrons. The molecular weight excluding hydrogens is 204 g/mol. The van der Waals surface area contributed by atoms with Crippen LogP contribution in [0.3, 0.4) is 0 Å². The molecule has 0 aliphatic rings. The van der Waals surface area contributed by atoms with Crippen LogP contribution in [0.2, 0.25) is 0 Å². The van der Waals surface area contributed by atoms with Gasteiger partial charge < -0.3 is 16.2 Å². The molecule has 0 unspecified atom stereocenters. The van der Waals surface area contributed by atoms with Crippen LogP contribution in [0.4, 0.5) is 11.4 Å². The lowest BCUT2D eigenvalue weighted by Gasteiger charge is -2.05. The summed E-state index contributed by atoms with van der Waals surface area (Å²) in [4.78, 5) is 11.1. The van der Waals surface area contributed by atoms with Crippen LogP contribution in [-0.4, -0.2) is 12.6 Å². The zero-order valence-corrected chi connectivity index (χ0v) is 9.49. The van der Waals surface area contributed by atoms with Crippen molar-refractivity contribution >= 4 is 23.4 Å². The first-order valence-electron chi connectivity index (χ1n) is 5.05. The number of esters is 1. The molecule has 0 spiro atoms. The summed E-state index contributed by atoms with van der Waals surface area (Å²) >= 11 is 0. The average Bonchev–Trinajstić information content (AvgIpc) is 2.22. The van der Waals surface area contributed by atoms with Crippen molar-refractivity contribution in [2.24, 2.45) is 0 Å². The zero-order valence-electron chi connectivity index (χ0n) is 9.49. The first-order chi connectivity index (χ1) is 7.54. The first-order valence-corrected chi connectivity index (χ1v) is 5.05. The van der Waals surface area contributed by atoms with Crippen molar-refractivity contribution in [2.75, 3.05) is 18.1 Å². The fourth-order valence-corrected chi connectivity index (χ4v) is 1.29. The summed E-state index contributed by atoms with van der Waals surface area (Å²) < 4.78 is 4.78. The van der Waals surface area contributed by atoms with Gasteiger partial charge in [-0.1, -0.05) is 0 Å². The summed E-state index contributed by atoms with van der Waals surface area (Å²) in [5.41, 5.74) is 14.2. The van der Waals surface area contributed by atoms with Crippen LogP contribution in [0.1, 0.15) is 18.1 Å². The van der Waals surface area contributed by atoms with Crippen LogP contribution in [-0.2, 0) is 9.53 Å². The van der Waals surface area contributed by atoms with Crippen LogP contribution >= 0.6 is 0 Å². The molecule has 0 aliphatic heterocycles. The highest BCUT2D eigenvalue weighted by molar-refractivity contribution is 5.88. The average molecular weight is 220 g/mol. The molecule has 1 aromatic rings. The molecule has 4 heteroatoms. The summed E-state index contributed by atoms with van der Waals surface area (Å²) in [6.45, 7) is 4.03. The highest BCUT2D eigenvalue weighted by Gasteiger charge is 2.01. The van der Waals surface area contributed by atoms with E-state index < -0.39 is 0 Å². The topological polar surface area (TPSA) is 78.3 Å². The van der Waals surface area contributed by atoms with E-state index in [2.05, 4.69) is 0 Å². The second-order valence-electron chi connectivity index (χ2n) is 3.42. The number of nitrogens with two attached hydrogens (primary N) is 2. The highest BCUT2D eigenvalue weighted by Crippen LogP contribution is 2.21. The predicted molar refractivity (Wildman–Crippen MR) is 65.7 cm³/mol. The van der Waals surface area contributed by atoms with Gasteiger partial charge in [0.15, 0.2) is 0 Å². The maximum atomic E-state index is 11.1. The fraction of sp³-hybridized carbons (Fsp3) is 0.250. The first kappa shape index (κ1) is 12.1. The quantitative estimate of drug-likeness (QED) is 0.462. The molecule has 0 bridgehead atoms. The summed E-state index contributed by atoms with van der Waals surface area (Å²) in [7, 11) is 0. The van der Waals surface area contributed by atoms with E-state index in [1.807, 2.05) is 6.92 Å².